The van der Waals surface area contributed by atoms with Crippen LogP contribution in [0.5, 0.6) is 11.5 Å². The van der Waals surface area contributed by atoms with E-state index in [1.807, 2.05) is 0 Å². The highest BCUT2D eigenvalue weighted by Gasteiger charge is 2.31. The zero-order chi connectivity index (χ0) is 35.1. The van der Waals surface area contributed by atoms with Gasteiger partial charge in [-0.2, -0.15) is 0 Å². The predicted molar refractivity (Wildman–Crippen MR) is 189 cm³/mol. The van der Waals surface area contributed by atoms with Crippen LogP contribution in [0, 0.1) is 5.82 Å². The van der Waals surface area contributed by atoms with E-state index in [2.05, 4.69) is 23.9 Å². The average Bonchev–Trinajstić information content (AvgIpc) is 3.58. The largest absolute Gasteiger partial charge is 0.493 e. The minimum Gasteiger partial charge on any atom is -0.493 e. The molecule has 2 aromatic heterocycles. The van der Waals surface area contributed by atoms with E-state index in [0.29, 0.717) is 56.4 Å². The molecule has 49 heavy (non-hydrogen) atoms. The molecule has 2 aromatic carbocycles. The molecule has 260 valence electrons. The van der Waals surface area contributed by atoms with Crippen LogP contribution in [0.1, 0.15) is 58.0 Å². The summed E-state index contributed by atoms with van der Waals surface area (Å²) >= 11 is 14.0. The second-order valence-electron chi connectivity index (χ2n) is 11.7. The van der Waals surface area contributed by atoms with Gasteiger partial charge in [-0.25, -0.2) is 14.0 Å². The molecule has 0 bridgehead atoms. The van der Waals surface area contributed by atoms with Gasteiger partial charge < -0.3 is 23.8 Å². The number of anilines is 1. The molecule has 3 heterocycles. The van der Waals surface area contributed by atoms with Crippen molar-refractivity contribution in [3.63, 3.8) is 0 Å². The van der Waals surface area contributed by atoms with Crippen LogP contribution in [-0.4, -0.2) is 61.9 Å². The number of esters is 1. The first-order valence-corrected chi connectivity index (χ1v) is 17.4. The summed E-state index contributed by atoms with van der Waals surface area (Å²) in [6, 6.07) is 14.9. The lowest BCUT2D eigenvalue weighted by atomic mass is 9.98. The van der Waals surface area contributed by atoms with E-state index < -0.39 is 24.0 Å². The minimum atomic E-state index is -0.818. The summed E-state index contributed by atoms with van der Waals surface area (Å²) in [4.78, 5) is 35.7. The highest BCUT2D eigenvalue weighted by molar-refractivity contribution is 7.14. The molecular weight excluding hydrogens is 692 g/mol. The van der Waals surface area contributed by atoms with Gasteiger partial charge in [0.25, 0.3) is 0 Å². The van der Waals surface area contributed by atoms with Crippen LogP contribution in [0.4, 0.5) is 14.9 Å². The Morgan fingerprint density at radius 3 is 2.49 bits per heavy atom. The number of carbonyl (C=O) groups excluding carboxylic acids is 2. The standard InChI is InChI=1S/C36H38Cl2FN3O6S/c1-5-23-17-24(14-15-41(23)2)47-36(44)42(30-9-7-6-8-29(30)39)21-25-11-13-34(49-25)35(43)48-32(18-26-27(37)19-40-20-28(26)38)22-10-12-31(45-3)33(16-22)46-4/h6-13,16,19-20,23-24,32H,5,14-15,17-18,21H2,1-4H3/t23-,24-,32-/m0/s1. The van der Waals surface area contributed by atoms with Gasteiger partial charge in [0.1, 0.15) is 22.9 Å². The van der Waals surface area contributed by atoms with Crippen LogP contribution in [0.15, 0.2) is 67.0 Å². The summed E-state index contributed by atoms with van der Waals surface area (Å²) in [6.45, 7) is 2.90. The third-order valence-electron chi connectivity index (χ3n) is 8.61. The lowest BCUT2D eigenvalue weighted by molar-refractivity contribution is 0.0302. The van der Waals surface area contributed by atoms with E-state index in [4.69, 9.17) is 42.1 Å². The number of methoxy groups -OCH3 is 2. The number of rotatable bonds is 12. The van der Waals surface area contributed by atoms with Gasteiger partial charge in [0.05, 0.1) is 36.5 Å². The second kappa shape index (κ2) is 16.7. The smallest absolute Gasteiger partial charge is 0.414 e. The molecule has 0 saturated carbocycles. The van der Waals surface area contributed by atoms with Crippen molar-refractivity contribution < 1.29 is 32.9 Å². The van der Waals surface area contributed by atoms with Crippen molar-refractivity contribution in [1.82, 2.24) is 9.88 Å². The summed E-state index contributed by atoms with van der Waals surface area (Å²) in [5.41, 5.74) is 1.27. The molecule has 1 aliphatic heterocycles. The predicted octanol–water partition coefficient (Wildman–Crippen LogP) is 8.76. The van der Waals surface area contributed by atoms with E-state index in [-0.39, 0.29) is 29.6 Å². The fourth-order valence-electron chi connectivity index (χ4n) is 5.86. The van der Waals surface area contributed by atoms with Crippen LogP contribution >= 0.6 is 34.5 Å². The van der Waals surface area contributed by atoms with Crippen LogP contribution in [0.3, 0.4) is 0 Å². The van der Waals surface area contributed by atoms with Gasteiger partial charge >= 0.3 is 12.1 Å². The number of amides is 1. The molecule has 0 unspecified atom stereocenters. The maximum absolute atomic E-state index is 15.1. The highest BCUT2D eigenvalue weighted by atomic mass is 35.5. The van der Waals surface area contributed by atoms with E-state index >= 15 is 4.39 Å². The maximum atomic E-state index is 15.1. The number of hydrogen-bond donors (Lipinski definition) is 0. The van der Waals surface area contributed by atoms with Gasteiger partial charge in [-0.15, -0.1) is 11.3 Å². The lowest BCUT2D eigenvalue weighted by Gasteiger charge is -2.37. The van der Waals surface area contributed by atoms with Crippen molar-refractivity contribution in [3.8, 4) is 11.5 Å². The van der Waals surface area contributed by atoms with Crippen LogP contribution in [0.2, 0.25) is 10.0 Å². The number of ether oxygens (including phenoxy) is 4. The molecule has 0 radical (unpaired) electrons. The third kappa shape index (κ3) is 8.83. The van der Waals surface area contributed by atoms with Crippen molar-refractivity contribution in [2.45, 2.75) is 57.4 Å². The highest BCUT2D eigenvalue weighted by Crippen LogP contribution is 2.36. The number of hydrogen-bond acceptors (Lipinski definition) is 9. The maximum Gasteiger partial charge on any atom is 0.414 e. The van der Waals surface area contributed by atoms with Crippen molar-refractivity contribution in [2.24, 2.45) is 0 Å². The van der Waals surface area contributed by atoms with Crippen molar-refractivity contribution >= 4 is 52.3 Å². The van der Waals surface area contributed by atoms with Gasteiger partial charge in [-0.05, 0) is 67.4 Å². The molecule has 4 aromatic rings. The Morgan fingerprint density at radius 1 is 1.06 bits per heavy atom. The van der Waals surface area contributed by atoms with E-state index in [1.54, 1.807) is 42.5 Å². The SMILES string of the molecule is CC[C@H]1C[C@@H](OC(=O)N(Cc2ccc(C(=O)O[C@@H](Cc3c(Cl)cncc3Cl)c3ccc(OC)c(OC)c3)s2)c2ccccc2F)CCN1C. The van der Waals surface area contributed by atoms with Crippen molar-refractivity contribution in [2.75, 3.05) is 32.7 Å². The zero-order valence-corrected chi connectivity index (χ0v) is 30.0. The Kier molecular flexibility index (Phi) is 12.4. The number of aromatic nitrogens is 1. The van der Waals surface area contributed by atoms with Crippen molar-refractivity contribution in [3.05, 3.63) is 104 Å². The quantitative estimate of drug-likeness (QED) is 0.134. The second-order valence-corrected chi connectivity index (χ2v) is 13.7. The fraction of sp³-hybridized carbons (Fsp3) is 0.361. The number of likely N-dealkylation sites (tertiary alicyclic amines) is 1. The number of piperidine rings is 1. The summed E-state index contributed by atoms with van der Waals surface area (Å²) in [6.07, 6.45) is 3.69. The number of carbonyl (C=O) groups is 2. The first kappa shape index (κ1) is 36.4. The molecule has 0 N–H and O–H groups in total. The van der Waals surface area contributed by atoms with Gasteiger partial charge in [0.2, 0.25) is 0 Å². The molecule has 13 heteroatoms. The minimum absolute atomic E-state index is 0.0110. The van der Waals surface area contributed by atoms with E-state index in [9.17, 15) is 9.59 Å². The Bertz CT molecular complexity index is 1750. The summed E-state index contributed by atoms with van der Waals surface area (Å²) < 4.78 is 37.9. The first-order chi connectivity index (χ1) is 23.6. The Hall–Kier alpha value is -3.90. The van der Waals surface area contributed by atoms with Gasteiger partial charge in [0.15, 0.2) is 11.5 Å². The molecule has 5 rings (SSSR count). The average molecular weight is 731 g/mol. The van der Waals surface area contributed by atoms with Gasteiger partial charge in [-0.1, -0.05) is 48.3 Å². The number of thiophene rings is 1. The lowest BCUT2D eigenvalue weighted by Crippen LogP contribution is -2.44. The Balaban J connectivity index is 1.38. The Labute approximate surface area is 299 Å². The number of pyridine rings is 1. The number of nitrogens with zero attached hydrogens (tertiary/aromatic N) is 3. The van der Waals surface area contributed by atoms with Crippen molar-refractivity contribution in [1.29, 1.82) is 0 Å². The number of benzene rings is 2. The van der Waals surface area contributed by atoms with Crippen LogP contribution in [0.25, 0.3) is 0 Å². The topological polar surface area (TPSA) is 90.4 Å². The molecule has 1 amide bonds. The zero-order valence-electron chi connectivity index (χ0n) is 27.7. The summed E-state index contributed by atoms with van der Waals surface area (Å²) in [5, 5.41) is 0.663. The number of halogens is 3. The number of para-hydroxylation sites is 1. The normalized spacial score (nSPS) is 16.9. The van der Waals surface area contributed by atoms with E-state index in [1.165, 1.54) is 43.6 Å². The molecule has 1 saturated heterocycles. The molecule has 0 aliphatic carbocycles. The molecule has 1 fully saturated rings. The molecular formula is C36H38Cl2FN3O6S. The Morgan fingerprint density at radius 2 is 1.80 bits per heavy atom. The first-order valence-electron chi connectivity index (χ1n) is 15.8. The van der Waals surface area contributed by atoms with Crippen LogP contribution in [-0.2, 0) is 22.4 Å². The molecule has 0 spiro atoms. The third-order valence-corrected chi connectivity index (χ3v) is 10.3. The van der Waals surface area contributed by atoms with Gasteiger partial charge in [-0.3, -0.25) is 9.88 Å². The molecule has 9 nitrogen and oxygen atoms in total. The van der Waals surface area contributed by atoms with E-state index in [0.717, 1.165) is 24.3 Å². The molecule has 3 atom stereocenters. The monoisotopic (exact) mass is 729 g/mol. The summed E-state index contributed by atoms with van der Waals surface area (Å²) in [7, 11) is 5.11. The van der Waals surface area contributed by atoms with Gasteiger partial charge in [0, 0.05) is 42.7 Å². The van der Waals surface area contributed by atoms with Crippen LogP contribution < -0.4 is 14.4 Å². The fourth-order valence-corrected chi connectivity index (χ4v) is 7.26. The summed E-state index contributed by atoms with van der Waals surface area (Å²) in [5.74, 6) is -0.193. The molecule has 1 aliphatic rings.